The van der Waals surface area contributed by atoms with E-state index in [2.05, 4.69) is 27.9 Å². The van der Waals surface area contributed by atoms with Crippen molar-refractivity contribution < 1.29 is 18.3 Å². The van der Waals surface area contributed by atoms with Crippen LogP contribution in [0.5, 0.6) is 0 Å². The highest BCUT2D eigenvalue weighted by Gasteiger charge is 2.23. The number of sulfonamides is 1. The first kappa shape index (κ1) is 26.1. The molecular weight excluding hydrogens is 518 g/mol. The fraction of sp³-hybridized carbons (Fsp3) is 0.231. The Bertz CT molecular complexity index is 1570. The van der Waals surface area contributed by atoms with Crippen LogP contribution in [0.25, 0.3) is 10.8 Å². The summed E-state index contributed by atoms with van der Waals surface area (Å²) in [7, 11) is -4.24. The Balaban J connectivity index is 0.00000304. The summed E-state index contributed by atoms with van der Waals surface area (Å²) in [6, 6.07) is 19.8. The van der Waals surface area contributed by atoms with Crippen molar-refractivity contribution in [3.63, 3.8) is 0 Å². The van der Waals surface area contributed by atoms with E-state index < -0.39 is 16.0 Å². The van der Waals surface area contributed by atoms with Gasteiger partial charge in [-0.2, -0.15) is 8.42 Å². The third-order valence-electron chi connectivity index (χ3n) is 6.29. The molecule has 2 heterocycles. The van der Waals surface area contributed by atoms with Gasteiger partial charge in [0, 0.05) is 11.1 Å². The topological polar surface area (TPSA) is 101 Å². The minimum Gasteiger partial charge on any atom is -0.478 e. The van der Waals surface area contributed by atoms with E-state index in [0.717, 1.165) is 47.1 Å². The average Bonchev–Trinajstić information content (AvgIpc) is 3.26. The first-order valence-corrected chi connectivity index (χ1v) is 13.7. The monoisotopic (exact) mass is 543 g/mol. The van der Waals surface area contributed by atoms with E-state index in [4.69, 9.17) is 0 Å². The van der Waals surface area contributed by atoms with E-state index in [9.17, 15) is 18.3 Å². The van der Waals surface area contributed by atoms with Crippen LogP contribution in [-0.2, 0) is 16.6 Å². The molecule has 7 nitrogen and oxygen atoms in total. The molecular formula is C26H26ClN3O4S2. The number of carboxylic acid groups (broad SMARTS) is 1. The van der Waals surface area contributed by atoms with E-state index >= 15 is 0 Å². The number of piperidine rings is 1. The molecule has 0 atom stereocenters. The maximum absolute atomic E-state index is 13.3. The van der Waals surface area contributed by atoms with Crippen LogP contribution in [0.4, 0.5) is 0 Å². The highest BCUT2D eigenvalue weighted by atomic mass is 35.5. The summed E-state index contributed by atoms with van der Waals surface area (Å²) in [5.74, 6) is -0.970. The maximum atomic E-state index is 13.3. The average molecular weight is 544 g/mol. The summed E-state index contributed by atoms with van der Waals surface area (Å²) in [6.45, 7) is 2.29. The van der Waals surface area contributed by atoms with Gasteiger partial charge in [-0.1, -0.05) is 54.6 Å². The SMILES string of the molecule is Cl.O=C(O)c1ccccc1S(=O)(=O)N=c1sc(C2CCNCC2)cn1Cc1cccc2ccccc12. The molecule has 0 amide bonds. The molecule has 0 unspecified atom stereocenters. The first-order valence-electron chi connectivity index (χ1n) is 11.4. The zero-order valence-electron chi connectivity index (χ0n) is 19.3. The maximum Gasteiger partial charge on any atom is 0.337 e. The number of aromatic carboxylic acids is 1. The van der Waals surface area contributed by atoms with E-state index in [1.807, 2.05) is 35.0 Å². The summed E-state index contributed by atoms with van der Waals surface area (Å²) in [6.07, 6.45) is 3.96. The quantitative estimate of drug-likeness (QED) is 0.369. The van der Waals surface area contributed by atoms with E-state index in [1.54, 1.807) is 0 Å². The minimum absolute atomic E-state index is 0. The molecule has 0 bridgehead atoms. The second-order valence-electron chi connectivity index (χ2n) is 8.57. The number of benzene rings is 3. The summed E-state index contributed by atoms with van der Waals surface area (Å²) in [5.41, 5.74) is 0.773. The molecule has 0 saturated carbocycles. The summed E-state index contributed by atoms with van der Waals surface area (Å²) >= 11 is 1.37. The third-order valence-corrected chi connectivity index (χ3v) is 8.92. The molecule has 3 aromatic carbocycles. The smallest absolute Gasteiger partial charge is 0.337 e. The van der Waals surface area contributed by atoms with Crippen molar-refractivity contribution >= 4 is 50.5 Å². The van der Waals surface area contributed by atoms with Crippen molar-refractivity contribution in [2.24, 2.45) is 4.40 Å². The molecule has 2 N–H and O–H groups in total. The fourth-order valence-corrected chi connectivity index (χ4v) is 7.08. The second kappa shape index (κ2) is 11.0. The number of thiazole rings is 1. The summed E-state index contributed by atoms with van der Waals surface area (Å²) in [4.78, 5) is 12.8. The van der Waals surface area contributed by atoms with Crippen molar-refractivity contribution in [2.45, 2.75) is 30.2 Å². The Labute approximate surface area is 219 Å². The molecule has 1 aromatic heterocycles. The molecule has 1 saturated heterocycles. The Morgan fingerprint density at radius 3 is 2.50 bits per heavy atom. The lowest BCUT2D eigenvalue weighted by Gasteiger charge is -2.20. The summed E-state index contributed by atoms with van der Waals surface area (Å²) in [5, 5.41) is 15.1. The number of nitrogens with zero attached hydrogens (tertiary/aromatic N) is 2. The van der Waals surface area contributed by atoms with Gasteiger partial charge in [0.15, 0.2) is 0 Å². The molecule has 0 spiro atoms. The number of carboxylic acids is 1. The van der Waals surface area contributed by atoms with E-state index in [-0.39, 0.29) is 22.9 Å². The number of fused-ring (bicyclic) bond motifs is 1. The van der Waals surface area contributed by atoms with Crippen LogP contribution < -0.4 is 10.1 Å². The van der Waals surface area contributed by atoms with Crippen LogP contribution in [0.3, 0.4) is 0 Å². The molecule has 4 aromatic rings. The lowest BCUT2D eigenvalue weighted by atomic mass is 9.97. The van der Waals surface area contributed by atoms with E-state index in [0.29, 0.717) is 17.3 Å². The third kappa shape index (κ3) is 5.39. The fourth-order valence-electron chi connectivity index (χ4n) is 4.51. The predicted octanol–water partition coefficient (Wildman–Crippen LogP) is 4.63. The number of carbonyl (C=O) groups is 1. The Morgan fingerprint density at radius 2 is 1.72 bits per heavy atom. The molecule has 36 heavy (non-hydrogen) atoms. The van der Waals surface area contributed by atoms with Gasteiger partial charge < -0.3 is 15.0 Å². The van der Waals surface area contributed by atoms with Crippen molar-refractivity contribution in [3.8, 4) is 0 Å². The van der Waals surface area contributed by atoms with Gasteiger partial charge in [-0.3, -0.25) is 0 Å². The molecule has 1 fully saturated rings. The standard InChI is InChI=1S/C26H25N3O4S2.ClH/c30-25(31)22-10-3-4-11-24(22)35(32,33)28-26-29(17-23(34-26)19-12-14-27-15-13-19)16-20-8-5-7-18-6-1-2-9-21(18)20;/h1-11,17,19,27H,12-16H2,(H,30,31);1H. The van der Waals surface area contributed by atoms with Crippen molar-refractivity contribution in [1.29, 1.82) is 0 Å². The second-order valence-corrected chi connectivity index (χ2v) is 11.2. The van der Waals surface area contributed by atoms with Crippen LogP contribution in [0.1, 0.15) is 39.6 Å². The van der Waals surface area contributed by atoms with Crippen LogP contribution in [0.2, 0.25) is 0 Å². The van der Waals surface area contributed by atoms with Crippen molar-refractivity contribution in [2.75, 3.05) is 13.1 Å². The van der Waals surface area contributed by atoms with Crippen molar-refractivity contribution in [3.05, 3.63) is 93.7 Å². The lowest BCUT2D eigenvalue weighted by molar-refractivity contribution is 0.0692. The largest absolute Gasteiger partial charge is 0.478 e. The summed E-state index contributed by atoms with van der Waals surface area (Å²) < 4.78 is 32.6. The normalized spacial score (nSPS) is 15.1. The molecule has 188 valence electrons. The predicted molar refractivity (Wildman–Crippen MR) is 144 cm³/mol. The van der Waals surface area contributed by atoms with Gasteiger partial charge in [-0.25, -0.2) is 4.79 Å². The Kier molecular flexibility index (Phi) is 7.94. The highest BCUT2D eigenvalue weighted by Crippen LogP contribution is 2.28. The Morgan fingerprint density at radius 1 is 1.03 bits per heavy atom. The van der Waals surface area contributed by atoms with Gasteiger partial charge in [-0.05, 0) is 60.3 Å². The van der Waals surface area contributed by atoms with Gasteiger partial charge in [0.1, 0.15) is 4.90 Å². The van der Waals surface area contributed by atoms with Gasteiger partial charge in [0.25, 0.3) is 10.0 Å². The lowest BCUT2D eigenvalue weighted by Crippen LogP contribution is -2.26. The van der Waals surface area contributed by atoms with Crippen LogP contribution in [0, 0.1) is 0 Å². The zero-order chi connectivity index (χ0) is 24.4. The van der Waals surface area contributed by atoms with E-state index in [1.165, 1.54) is 35.6 Å². The first-order chi connectivity index (χ1) is 16.9. The van der Waals surface area contributed by atoms with Crippen molar-refractivity contribution in [1.82, 2.24) is 9.88 Å². The van der Waals surface area contributed by atoms with Crippen LogP contribution in [-0.4, -0.2) is 37.2 Å². The zero-order valence-corrected chi connectivity index (χ0v) is 21.8. The number of hydrogen-bond donors (Lipinski definition) is 2. The number of aromatic nitrogens is 1. The van der Waals surface area contributed by atoms with Gasteiger partial charge in [0.2, 0.25) is 4.80 Å². The minimum atomic E-state index is -4.24. The molecule has 0 aliphatic carbocycles. The van der Waals surface area contributed by atoms with Gasteiger partial charge in [0.05, 0.1) is 12.1 Å². The molecule has 5 rings (SSSR count). The van der Waals surface area contributed by atoms with Crippen LogP contribution >= 0.6 is 23.7 Å². The number of hydrogen-bond acceptors (Lipinski definition) is 5. The number of nitrogens with one attached hydrogen (secondary N) is 1. The highest BCUT2D eigenvalue weighted by molar-refractivity contribution is 7.90. The molecule has 10 heteroatoms. The number of rotatable bonds is 6. The molecule has 1 aliphatic heterocycles. The van der Waals surface area contributed by atoms with Gasteiger partial charge >= 0.3 is 5.97 Å². The molecule has 1 aliphatic rings. The number of halogens is 1. The molecule has 0 radical (unpaired) electrons. The van der Waals surface area contributed by atoms with Crippen LogP contribution in [0.15, 0.2) is 82.2 Å². The van der Waals surface area contributed by atoms with Gasteiger partial charge in [-0.15, -0.1) is 28.1 Å². The Hall–Kier alpha value is -2.98.